The van der Waals surface area contributed by atoms with E-state index in [0.717, 1.165) is 12.8 Å². The van der Waals surface area contributed by atoms with Crippen LogP contribution in [0.2, 0.25) is 0 Å². The van der Waals surface area contributed by atoms with Gasteiger partial charge in [-0.1, -0.05) is 37.3 Å². The number of hydrogen-bond donors (Lipinski definition) is 0. The third-order valence-electron chi connectivity index (χ3n) is 4.58. The highest BCUT2D eigenvalue weighted by Crippen LogP contribution is 2.33. The summed E-state index contributed by atoms with van der Waals surface area (Å²) >= 11 is 0. The van der Waals surface area contributed by atoms with Gasteiger partial charge in [0.05, 0.1) is 19.6 Å². The molecule has 0 radical (unpaired) electrons. The molecule has 1 unspecified atom stereocenters. The van der Waals surface area contributed by atoms with Crippen molar-refractivity contribution in [3.05, 3.63) is 35.9 Å². The molecular formula is C17H22N2O3. The molecule has 0 saturated carbocycles. The second kappa shape index (κ2) is 5.63. The minimum atomic E-state index is -0.466. The highest BCUT2D eigenvalue weighted by atomic mass is 16.6. The molecule has 3 rings (SSSR count). The van der Waals surface area contributed by atoms with Crippen LogP contribution in [0.25, 0.3) is 0 Å². The first kappa shape index (κ1) is 14.9. The Morgan fingerprint density at radius 2 is 1.95 bits per heavy atom. The van der Waals surface area contributed by atoms with Crippen molar-refractivity contribution in [2.45, 2.75) is 25.4 Å². The van der Waals surface area contributed by atoms with Crippen molar-refractivity contribution >= 4 is 12.0 Å². The quantitative estimate of drug-likeness (QED) is 0.854. The first-order valence-corrected chi connectivity index (χ1v) is 7.80. The van der Waals surface area contributed by atoms with E-state index in [2.05, 4.69) is 12.1 Å². The van der Waals surface area contributed by atoms with Crippen LogP contribution in [0.15, 0.2) is 30.3 Å². The molecular weight excluding hydrogens is 280 g/mol. The van der Waals surface area contributed by atoms with E-state index in [4.69, 9.17) is 4.74 Å². The average Bonchev–Trinajstić information content (AvgIpc) is 2.79. The van der Waals surface area contributed by atoms with Crippen LogP contribution in [-0.4, -0.2) is 54.1 Å². The molecule has 1 spiro atoms. The molecule has 2 saturated heterocycles. The summed E-state index contributed by atoms with van der Waals surface area (Å²) in [5.74, 6) is 0.164. The Kier molecular flexibility index (Phi) is 3.81. The van der Waals surface area contributed by atoms with Crippen molar-refractivity contribution < 1.29 is 14.3 Å². The van der Waals surface area contributed by atoms with Gasteiger partial charge in [-0.3, -0.25) is 4.79 Å². The van der Waals surface area contributed by atoms with Crippen molar-refractivity contribution in [3.63, 3.8) is 0 Å². The SMILES string of the molecule is CCC(Cc1ccccc1)C(=O)N1CC2(CN(C)C(=O)O2)C1. The zero-order valence-electron chi connectivity index (χ0n) is 13.1. The van der Waals surface area contributed by atoms with Gasteiger partial charge >= 0.3 is 6.09 Å². The summed E-state index contributed by atoms with van der Waals surface area (Å²) in [4.78, 5) is 27.5. The van der Waals surface area contributed by atoms with E-state index in [1.54, 1.807) is 11.9 Å². The molecule has 2 amide bonds. The summed E-state index contributed by atoms with van der Waals surface area (Å²) in [6.07, 6.45) is 1.29. The maximum atomic E-state index is 12.6. The average molecular weight is 302 g/mol. The summed E-state index contributed by atoms with van der Waals surface area (Å²) in [5, 5.41) is 0. The van der Waals surface area contributed by atoms with E-state index in [9.17, 15) is 9.59 Å². The molecule has 2 fully saturated rings. The molecule has 2 aliphatic rings. The van der Waals surface area contributed by atoms with Gasteiger partial charge in [0, 0.05) is 13.0 Å². The molecule has 2 aliphatic heterocycles. The number of hydrogen-bond acceptors (Lipinski definition) is 3. The zero-order valence-corrected chi connectivity index (χ0v) is 13.1. The molecule has 2 heterocycles. The van der Waals surface area contributed by atoms with Gasteiger partial charge in [0.1, 0.15) is 0 Å². The first-order valence-electron chi connectivity index (χ1n) is 7.80. The third-order valence-corrected chi connectivity index (χ3v) is 4.58. The van der Waals surface area contributed by atoms with Gasteiger partial charge in [0.25, 0.3) is 0 Å². The van der Waals surface area contributed by atoms with E-state index < -0.39 is 5.60 Å². The van der Waals surface area contributed by atoms with E-state index in [1.165, 1.54) is 5.56 Å². The van der Waals surface area contributed by atoms with Crippen molar-refractivity contribution in [2.75, 3.05) is 26.7 Å². The van der Waals surface area contributed by atoms with Crippen LogP contribution in [-0.2, 0) is 16.0 Å². The van der Waals surface area contributed by atoms with E-state index >= 15 is 0 Å². The maximum Gasteiger partial charge on any atom is 0.410 e. The van der Waals surface area contributed by atoms with Crippen molar-refractivity contribution in [1.82, 2.24) is 9.80 Å². The molecule has 5 heteroatoms. The Balaban J connectivity index is 1.59. The maximum absolute atomic E-state index is 12.6. The minimum Gasteiger partial charge on any atom is -0.437 e. The normalized spacial score (nSPS) is 20.7. The Bertz CT molecular complexity index is 567. The third kappa shape index (κ3) is 2.67. The molecule has 0 bridgehead atoms. The fourth-order valence-corrected chi connectivity index (χ4v) is 3.33. The first-order chi connectivity index (χ1) is 10.5. The number of carbonyl (C=O) groups excluding carboxylic acids is 2. The smallest absolute Gasteiger partial charge is 0.410 e. The van der Waals surface area contributed by atoms with E-state index in [0.29, 0.717) is 19.6 Å². The number of ether oxygens (including phenoxy) is 1. The largest absolute Gasteiger partial charge is 0.437 e. The summed E-state index contributed by atoms with van der Waals surface area (Å²) in [6.45, 7) is 3.66. The lowest BCUT2D eigenvalue weighted by atomic mass is 9.89. The monoisotopic (exact) mass is 302 g/mol. The van der Waals surface area contributed by atoms with Gasteiger partial charge < -0.3 is 14.5 Å². The minimum absolute atomic E-state index is 0.00501. The Hall–Kier alpha value is -2.04. The van der Waals surface area contributed by atoms with Crippen LogP contribution >= 0.6 is 0 Å². The molecule has 0 N–H and O–H groups in total. The summed E-state index contributed by atoms with van der Waals surface area (Å²) in [5.41, 5.74) is 0.719. The van der Waals surface area contributed by atoms with Crippen LogP contribution in [0.1, 0.15) is 18.9 Å². The lowest BCUT2D eigenvalue weighted by molar-refractivity contribution is -0.154. The Labute approximate surface area is 130 Å². The van der Waals surface area contributed by atoms with E-state index in [-0.39, 0.29) is 17.9 Å². The summed E-state index contributed by atoms with van der Waals surface area (Å²) < 4.78 is 5.40. The fourth-order valence-electron chi connectivity index (χ4n) is 3.33. The van der Waals surface area contributed by atoms with Gasteiger partial charge in [-0.05, 0) is 18.4 Å². The molecule has 0 aliphatic carbocycles. The van der Waals surface area contributed by atoms with Crippen LogP contribution in [0.3, 0.4) is 0 Å². The highest BCUT2D eigenvalue weighted by molar-refractivity contribution is 5.81. The van der Waals surface area contributed by atoms with Crippen molar-refractivity contribution in [2.24, 2.45) is 5.92 Å². The number of nitrogens with zero attached hydrogens (tertiary/aromatic N) is 2. The molecule has 22 heavy (non-hydrogen) atoms. The van der Waals surface area contributed by atoms with Crippen LogP contribution in [0.5, 0.6) is 0 Å². The molecule has 1 aromatic carbocycles. The fraction of sp³-hybridized carbons (Fsp3) is 0.529. The number of rotatable bonds is 4. The van der Waals surface area contributed by atoms with Crippen molar-refractivity contribution in [3.8, 4) is 0 Å². The van der Waals surface area contributed by atoms with Crippen LogP contribution in [0, 0.1) is 5.92 Å². The van der Waals surface area contributed by atoms with Crippen molar-refractivity contribution in [1.29, 1.82) is 0 Å². The lowest BCUT2D eigenvalue weighted by Gasteiger charge is -2.46. The molecule has 1 aromatic rings. The lowest BCUT2D eigenvalue weighted by Crippen LogP contribution is -2.66. The predicted octanol–water partition coefficient (Wildman–Crippen LogP) is 1.92. The van der Waals surface area contributed by atoms with Crippen LogP contribution < -0.4 is 0 Å². The second-order valence-corrected chi connectivity index (χ2v) is 6.40. The molecule has 0 aromatic heterocycles. The standard InChI is InChI=1S/C17H22N2O3/c1-3-14(9-13-7-5-4-6-8-13)15(20)19-11-17(12-19)10-18(2)16(21)22-17/h4-8,14H,3,9-12H2,1-2H3. The topological polar surface area (TPSA) is 49.9 Å². The Morgan fingerprint density at radius 3 is 2.50 bits per heavy atom. The number of carbonyl (C=O) groups is 2. The second-order valence-electron chi connectivity index (χ2n) is 6.40. The molecule has 118 valence electrons. The van der Waals surface area contributed by atoms with Gasteiger partial charge in [0.2, 0.25) is 5.91 Å². The van der Waals surface area contributed by atoms with Gasteiger partial charge in [-0.25, -0.2) is 4.79 Å². The Morgan fingerprint density at radius 1 is 1.27 bits per heavy atom. The van der Waals surface area contributed by atoms with Gasteiger partial charge in [-0.15, -0.1) is 0 Å². The number of likely N-dealkylation sites (N-methyl/N-ethyl adjacent to an activating group) is 1. The predicted molar refractivity (Wildman–Crippen MR) is 82.3 cm³/mol. The number of benzene rings is 1. The van der Waals surface area contributed by atoms with Crippen LogP contribution in [0.4, 0.5) is 4.79 Å². The number of likely N-dealkylation sites (tertiary alicyclic amines) is 1. The molecule has 1 atom stereocenters. The molecule has 5 nitrogen and oxygen atoms in total. The van der Waals surface area contributed by atoms with E-state index in [1.807, 2.05) is 30.0 Å². The summed E-state index contributed by atoms with van der Waals surface area (Å²) in [6, 6.07) is 10.1. The highest BCUT2D eigenvalue weighted by Gasteiger charge is 2.54. The van der Waals surface area contributed by atoms with Gasteiger partial charge in [-0.2, -0.15) is 0 Å². The summed E-state index contributed by atoms with van der Waals surface area (Å²) in [7, 11) is 1.73. The number of amides is 2. The van der Waals surface area contributed by atoms with Gasteiger partial charge in [0.15, 0.2) is 5.60 Å². The zero-order chi connectivity index (χ0) is 15.7.